The predicted molar refractivity (Wildman–Crippen MR) is 83.0 cm³/mol. The first-order chi connectivity index (χ1) is 9.47. The fraction of sp³-hybridized carbons (Fsp3) is 0.533. The number of benzene rings is 1. The summed E-state index contributed by atoms with van der Waals surface area (Å²) in [5, 5.41) is 0. The lowest BCUT2D eigenvalue weighted by molar-refractivity contribution is 0.0702. The fourth-order valence-electron chi connectivity index (χ4n) is 2.39. The molecule has 0 radical (unpaired) electrons. The SMILES string of the molecule is CC(C)Oc1cc(Br)ccc1C(=O)N1CCCC(N)C1. The highest BCUT2D eigenvalue weighted by molar-refractivity contribution is 9.10. The van der Waals surface area contributed by atoms with E-state index in [1.165, 1.54) is 0 Å². The van der Waals surface area contributed by atoms with E-state index in [1.807, 2.05) is 36.9 Å². The molecule has 20 heavy (non-hydrogen) atoms. The lowest BCUT2D eigenvalue weighted by Gasteiger charge is -2.31. The Morgan fingerprint density at radius 3 is 2.90 bits per heavy atom. The summed E-state index contributed by atoms with van der Waals surface area (Å²) in [6, 6.07) is 5.60. The summed E-state index contributed by atoms with van der Waals surface area (Å²) >= 11 is 3.42. The third kappa shape index (κ3) is 3.73. The zero-order chi connectivity index (χ0) is 14.7. The van der Waals surface area contributed by atoms with Crippen LogP contribution >= 0.6 is 15.9 Å². The molecule has 1 saturated heterocycles. The van der Waals surface area contributed by atoms with E-state index in [0.29, 0.717) is 17.9 Å². The van der Waals surface area contributed by atoms with Crippen molar-refractivity contribution < 1.29 is 9.53 Å². The van der Waals surface area contributed by atoms with Gasteiger partial charge >= 0.3 is 0 Å². The molecule has 1 amide bonds. The summed E-state index contributed by atoms with van der Waals surface area (Å²) in [6.07, 6.45) is 1.97. The molecule has 0 spiro atoms. The zero-order valence-electron chi connectivity index (χ0n) is 11.9. The van der Waals surface area contributed by atoms with Crippen LogP contribution in [0.25, 0.3) is 0 Å². The van der Waals surface area contributed by atoms with Gasteiger partial charge < -0.3 is 15.4 Å². The van der Waals surface area contributed by atoms with Crippen molar-refractivity contribution in [2.45, 2.75) is 38.8 Å². The Morgan fingerprint density at radius 1 is 1.50 bits per heavy atom. The van der Waals surface area contributed by atoms with Crippen LogP contribution in [0, 0.1) is 0 Å². The summed E-state index contributed by atoms with van der Waals surface area (Å²) in [4.78, 5) is 14.5. The second kappa shape index (κ2) is 6.59. The van der Waals surface area contributed by atoms with Gasteiger partial charge in [0.15, 0.2) is 0 Å². The van der Waals surface area contributed by atoms with Gasteiger partial charge in [0.2, 0.25) is 0 Å². The van der Waals surface area contributed by atoms with Gasteiger partial charge in [0.05, 0.1) is 11.7 Å². The van der Waals surface area contributed by atoms with Crippen molar-refractivity contribution in [3.63, 3.8) is 0 Å². The van der Waals surface area contributed by atoms with E-state index >= 15 is 0 Å². The Kier molecular flexibility index (Phi) is 5.05. The van der Waals surface area contributed by atoms with Gasteiger partial charge in [0, 0.05) is 23.6 Å². The van der Waals surface area contributed by atoms with Crippen molar-refractivity contribution >= 4 is 21.8 Å². The highest BCUT2D eigenvalue weighted by atomic mass is 79.9. The van der Waals surface area contributed by atoms with Crippen LogP contribution in [0.4, 0.5) is 0 Å². The van der Waals surface area contributed by atoms with Crippen molar-refractivity contribution in [3.05, 3.63) is 28.2 Å². The molecule has 1 aliphatic heterocycles. The van der Waals surface area contributed by atoms with Gasteiger partial charge in [-0.3, -0.25) is 4.79 Å². The standard InChI is InChI=1S/C15H21BrN2O2/c1-10(2)20-14-8-11(16)5-6-13(14)15(19)18-7-3-4-12(17)9-18/h5-6,8,10,12H,3-4,7,9,17H2,1-2H3. The Bertz CT molecular complexity index is 491. The normalized spacial score (nSPS) is 19.2. The number of amides is 1. The van der Waals surface area contributed by atoms with Gasteiger partial charge in [-0.05, 0) is 44.9 Å². The van der Waals surface area contributed by atoms with Crippen molar-refractivity contribution in [1.82, 2.24) is 4.90 Å². The van der Waals surface area contributed by atoms with Gasteiger partial charge in [-0.2, -0.15) is 0 Å². The number of hydrogen-bond donors (Lipinski definition) is 1. The Hall–Kier alpha value is -1.07. The van der Waals surface area contributed by atoms with Crippen LogP contribution in [-0.2, 0) is 0 Å². The number of hydrogen-bond acceptors (Lipinski definition) is 3. The van der Waals surface area contributed by atoms with Crippen LogP contribution in [0.3, 0.4) is 0 Å². The molecule has 0 saturated carbocycles. The first-order valence-corrected chi connectivity index (χ1v) is 7.77. The smallest absolute Gasteiger partial charge is 0.257 e. The highest BCUT2D eigenvalue weighted by Crippen LogP contribution is 2.27. The number of nitrogens with two attached hydrogens (primary N) is 1. The summed E-state index contributed by atoms with van der Waals surface area (Å²) in [5.41, 5.74) is 6.56. The number of nitrogens with zero attached hydrogens (tertiary/aromatic N) is 1. The molecule has 0 bridgehead atoms. The topological polar surface area (TPSA) is 55.6 Å². The lowest BCUT2D eigenvalue weighted by atomic mass is 10.0. The molecule has 0 aliphatic carbocycles. The van der Waals surface area contributed by atoms with E-state index < -0.39 is 0 Å². The van der Waals surface area contributed by atoms with Crippen LogP contribution in [0.2, 0.25) is 0 Å². The summed E-state index contributed by atoms with van der Waals surface area (Å²) in [5.74, 6) is 0.627. The van der Waals surface area contributed by atoms with Crippen LogP contribution in [0.15, 0.2) is 22.7 Å². The van der Waals surface area contributed by atoms with Gasteiger partial charge in [0.1, 0.15) is 5.75 Å². The molecule has 1 aliphatic rings. The maximum atomic E-state index is 12.6. The number of likely N-dealkylation sites (tertiary alicyclic amines) is 1. The Morgan fingerprint density at radius 2 is 2.25 bits per heavy atom. The first kappa shape index (κ1) is 15.3. The molecule has 5 heteroatoms. The molecular weight excluding hydrogens is 320 g/mol. The van der Waals surface area contributed by atoms with Crippen molar-refractivity contribution in [2.75, 3.05) is 13.1 Å². The summed E-state index contributed by atoms with van der Waals surface area (Å²) in [6.45, 7) is 5.29. The first-order valence-electron chi connectivity index (χ1n) is 6.98. The molecule has 1 fully saturated rings. The molecule has 2 N–H and O–H groups in total. The predicted octanol–water partition coefficient (Wildman–Crippen LogP) is 2.80. The minimum Gasteiger partial charge on any atom is -0.490 e. The number of ether oxygens (including phenoxy) is 1. The van der Waals surface area contributed by atoms with E-state index in [9.17, 15) is 4.79 Å². The maximum absolute atomic E-state index is 12.6. The van der Waals surface area contributed by atoms with Crippen LogP contribution in [0.1, 0.15) is 37.0 Å². The zero-order valence-corrected chi connectivity index (χ0v) is 13.5. The van der Waals surface area contributed by atoms with Crippen molar-refractivity contribution in [1.29, 1.82) is 0 Å². The number of carbonyl (C=O) groups excluding carboxylic acids is 1. The number of rotatable bonds is 3. The molecule has 1 aromatic carbocycles. The molecular formula is C15H21BrN2O2. The average Bonchev–Trinajstić information content (AvgIpc) is 2.37. The molecule has 2 rings (SSSR count). The molecule has 110 valence electrons. The Balaban J connectivity index is 2.24. The van der Waals surface area contributed by atoms with E-state index in [4.69, 9.17) is 10.5 Å². The number of piperidine rings is 1. The van der Waals surface area contributed by atoms with E-state index in [2.05, 4.69) is 15.9 Å². The lowest BCUT2D eigenvalue weighted by Crippen LogP contribution is -2.45. The van der Waals surface area contributed by atoms with Gasteiger partial charge in [-0.15, -0.1) is 0 Å². The largest absolute Gasteiger partial charge is 0.490 e. The monoisotopic (exact) mass is 340 g/mol. The van der Waals surface area contributed by atoms with Gasteiger partial charge in [-0.1, -0.05) is 15.9 Å². The van der Waals surface area contributed by atoms with E-state index in [0.717, 1.165) is 23.9 Å². The molecule has 1 heterocycles. The number of carbonyl (C=O) groups is 1. The van der Waals surface area contributed by atoms with Crippen molar-refractivity contribution in [2.24, 2.45) is 5.73 Å². The second-order valence-electron chi connectivity index (χ2n) is 5.46. The van der Waals surface area contributed by atoms with Crippen LogP contribution < -0.4 is 10.5 Å². The number of halogens is 1. The summed E-state index contributed by atoms with van der Waals surface area (Å²) in [7, 11) is 0. The van der Waals surface area contributed by atoms with E-state index in [-0.39, 0.29) is 18.1 Å². The molecule has 0 aromatic heterocycles. The molecule has 4 nitrogen and oxygen atoms in total. The minimum absolute atomic E-state index is 0.00306. The second-order valence-corrected chi connectivity index (χ2v) is 6.38. The molecule has 1 aromatic rings. The molecule has 1 atom stereocenters. The minimum atomic E-state index is 0.00306. The van der Waals surface area contributed by atoms with E-state index in [1.54, 1.807) is 0 Å². The summed E-state index contributed by atoms with van der Waals surface area (Å²) < 4.78 is 6.66. The Labute approximate surface area is 128 Å². The van der Waals surface area contributed by atoms with Crippen LogP contribution in [0.5, 0.6) is 5.75 Å². The maximum Gasteiger partial charge on any atom is 0.257 e. The van der Waals surface area contributed by atoms with Crippen molar-refractivity contribution in [3.8, 4) is 5.75 Å². The average molecular weight is 341 g/mol. The third-order valence-electron chi connectivity index (χ3n) is 3.28. The van der Waals surface area contributed by atoms with Crippen LogP contribution in [-0.4, -0.2) is 36.0 Å². The molecule has 1 unspecified atom stereocenters. The van der Waals surface area contributed by atoms with Gasteiger partial charge in [-0.25, -0.2) is 0 Å². The van der Waals surface area contributed by atoms with Gasteiger partial charge in [0.25, 0.3) is 5.91 Å². The quantitative estimate of drug-likeness (QED) is 0.920. The highest BCUT2D eigenvalue weighted by Gasteiger charge is 2.24. The fourth-order valence-corrected chi connectivity index (χ4v) is 2.73. The third-order valence-corrected chi connectivity index (χ3v) is 3.78.